The molecule has 0 aromatic heterocycles. The summed E-state index contributed by atoms with van der Waals surface area (Å²) in [5.41, 5.74) is 0. The fourth-order valence-corrected chi connectivity index (χ4v) is 0. The maximum absolute atomic E-state index is 0. The van der Waals surface area contributed by atoms with Gasteiger partial charge in [0.1, 0.15) is 0 Å². The molecule has 0 fully saturated rings. The average Bonchev–Trinajstić information content (AvgIpc) is 0. The van der Waals surface area contributed by atoms with Gasteiger partial charge in [0.25, 0.3) is 0 Å². The molecule has 0 amide bonds. The van der Waals surface area contributed by atoms with Crippen molar-refractivity contribution in [3.63, 3.8) is 0 Å². The van der Waals surface area contributed by atoms with Crippen LogP contribution in [0.15, 0.2) is 0 Å². The van der Waals surface area contributed by atoms with Crippen molar-refractivity contribution in [1.82, 2.24) is 0 Å². The van der Waals surface area contributed by atoms with Crippen LogP contribution >= 0.6 is 0 Å². The van der Waals surface area contributed by atoms with Gasteiger partial charge in [-0.3, -0.25) is 0 Å². The Bertz CT molecular complexity index is 4.85. The Morgan fingerprint density at radius 2 is 0.400 bits per heavy atom. The standard InChI is InChI=1S/2No.3O/q2*+3;3*-2. The molecule has 46 valence electrons. The van der Waals surface area contributed by atoms with Crippen LogP contribution in [0.1, 0.15) is 0 Å². The minimum absolute atomic E-state index is 0. The molecule has 0 saturated heterocycles. The van der Waals surface area contributed by atoms with Crippen LogP contribution in [0.2, 0.25) is 0 Å². The van der Waals surface area contributed by atoms with Gasteiger partial charge in [-0.1, -0.05) is 0 Å². The molecule has 0 aliphatic heterocycles. The molecule has 0 rings (SSSR count). The summed E-state index contributed by atoms with van der Waals surface area (Å²) in [5, 5.41) is 0. The summed E-state index contributed by atoms with van der Waals surface area (Å²) in [5.74, 6) is 0. The molecule has 5 heteroatoms. The van der Waals surface area contributed by atoms with E-state index in [1.807, 2.05) is 0 Å². The van der Waals surface area contributed by atoms with E-state index in [1.54, 1.807) is 0 Å². The van der Waals surface area contributed by atoms with Crippen molar-refractivity contribution >= 4 is 0 Å². The first-order valence-corrected chi connectivity index (χ1v) is 0. The Balaban J connectivity index is 0. The van der Waals surface area contributed by atoms with Crippen molar-refractivity contribution in [2.45, 2.75) is 0 Å². The number of hydrogen-bond donors (Lipinski definition) is 0. The molecule has 0 N–H and O–H groups in total. The molecule has 0 aliphatic carbocycles. The van der Waals surface area contributed by atoms with Gasteiger partial charge in [-0.05, 0) is 0 Å². The van der Waals surface area contributed by atoms with E-state index in [1.165, 1.54) is 0 Å². The first-order valence-electron chi connectivity index (χ1n) is 0. The summed E-state index contributed by atoms with van der Waals surface area (Å²) >= 11 is 0. The second-order valence-corrected chi connectivity index (χ2v) is 0. The zero-order valence-corrected chi connectivity index (χ0v) is 6.21. The Hall–Kier alpha value is -2.12. The van der Waals surface area contributed by atoms with Gasteiger partial charge in [0.2, 0.25) is 0 Å². The van der Waals surface area contributed by atoms with Gasteiger partial charge in [0.15, 0.2) is 0 Å². The molecule has 0 saturated carbocycles. The van der Waals surface area contributed by atoms with Crippen molar-refractivity contribution in [3.8, 4) is 0 Å². The molecular weight excluding hydrogens is 566 g/mol. The molecule has 0 spiro atoms. The van der Waals surface area contributed by atoms with E-state index in [0.29, 0.717) is 0 Å². The Morgan fingerprint density at radius 3 is 0.400 bits per heavy atom. The van der Waals surface area contributed by atoms with E-state index in [0.717, 1.165) is 0 Å². The Kier molecular flexibility index (Phi) is 0.147. The fourth-order valence-electron chi connectivity index (χ4n) is 0. The quantitative estimate of drug-likeness (QED) is 0.384. The predicted molar refractivity (Wildman–Crippen MR) is 2.06 cm³/mol. The normalized spacial score (nSPS) is 0. The monoisotopic (exact) mass is 566 g/mol. The van der Waals surface area contributed by atoms with Crippen LogP contribution in [0.5, 0.6) is 0 Å². The van der Waals surface area contributed by atoms with Gasteiger partial charge < -0.3 is 16.4 Å². The van der Waals surface area contributed by atoms with Crippen molar-refractivity contribution in [2.75, 3.05) is 0 Å². The molecule has 5 heavy (non-hydrogen) atoms. The molecular formula is No2O3. The van der Waals surface area contributed by atoms with Crippen LogP contribution in [0.4, 0.5) is 0 Å². The minimum Gasteiger partial charge on any atom is -2.00 e. The van der Waals surface area contributed by atoms with Crippen LogP contribution in [0.25, 0.3) is 0 Å². The van der Waals surface area contributed by atoms with E-state index in [9.17, 15) is 0 Å². The third-order valence-corrected chi connectivity index (χ3v) is 0. The molecule has 2 radical (unpaired) electrons. The van der Waals surface area contributed by atoms with Crippen molar-refractivity contribution in [3.05, 3.63) is 0 Å². The van der Waals surface area contributed by atoms with E-state index >= 15 is 0 Å². The predicted octanol–water partition coefficient (Wildman–Crippen LogP) is -0.356. The summed E-state index contributed by atoms with van der Waals surface area (Å²) in [7, 11) is 0. The van der Waals surface area contributed by atoms with Gasteiger partial charge in [-0.15, -0.1) is 0 Å². The summed E-state index contributed by atoms with van der Waals surface area (Å²) < 4.78 is 0. The van der Waals surface area contributed by atoms with Gasteiger partial charge in [-0.2, -0.15) is 0 Å². The third kappa shape index (κ3) is 0.00602. The molecule has 3 nitrogen and oxygen atoms in total. The zero-order chi connectivity index (χ0) is 0. The van der Waals surface area contributed by atoms with Gasteiger partial charge in [0.05, 0.1) is 0 Å². The summed E-state index contributed by atoms with van der Waals surface area (Å²) in [6.07, 6.45) is 0. The number of rotatable bonds is 0. The van der Waals surface area contributed by atoms with Crippen molar-refractivity contribution < 1.29 is 16.4 Å². The van der Waals surface area contributed by atoms with E-state index < -0.39 is 0 Å². The Morgan fingerprint density at radius 1 is 0.400 bits per heavy atom. The van der Waals surface area contributed by atoms with Gasteiger partial charge in [-0.25, -0.2) is 0 Å². The molecule has 0 aromatic rings. The first-order chi connectivity index (χ1) is 0. The van der Waals surface area contributed by atoms with Crippen LogP contribution in [0, 0.1) is 0 Å². The van der Waals surface area contributed by atoms with E-state index in [-0.39, 0.29) is 16.4 Å². The number of hydrogen-bond acceptors (Lipinski definition) is 0. The smallest absolute Gasteiger partial charge is 2.00 e. The van der Waals surface area contributed by atoms with Crippen LogP contribution in [-0.2, 0) is 16.4 Å². The average molecular weight is 566 g/mol. The van der Waals surface area contributed by atoms with Crippen LogP contribution < -0.4 is 0 Å². The van der Waals surface area contributed by atoms with Crippen molar-refractivity contribution in [2.24, 2.45) is 0 Å². The summed E-state index contributed by atoms with van der Waals surface area (Å²) in [6, 6.07) is 0. The van der Waals surface area contributed by atoms with Gasteiger partial charge >= 0.3 is 0 Å². The molecule has 0 aromatic carbocycles. The minimum atomic E-state index is 0. The molecule has 0 aliphatic rings. The fraction of sp³-hybridized carbons (Fsp3) is 0. The van der Waals surface area contributed by atoms with Crippen LogP contribution in [0.3, 0.4) is 0 Å². The topological polar surface area (TPSA) is 85.5 Å². The van der Waals surface area contributed by atoms with Crippen LogP contribution in [-0.4, -0.2) is 0 Å². The molecule has 0 unspecified atom stereocenters. The molecule has 0 bridgehead atoms. The maximum atomic E-state index is 0. The molecule has 0 atom stereocenters. The van der Waals surface area contributed by atoms with Crippen molar-refractivity contribution in [1.29, 1.82) is 0 Å². The second kappa shape index (κ2) is 0.324. The zero-order valence-electron chi connectivity index (χ0n) is 1.76. The SMILES string of the molecule is [No+3].[No+3].[O-2].[O-2].[O-2]. The van der Waals surface area contributed by atoms with Gasteiger partial charge in [0, 0.05) is 0 Å². The first kappa shape index (κ1) is 2.26. The van der Waals surface area contributed by atoms with E-state index in [2.05, 4.69) is 0 Å². The third-order valence-electron chi connectivity index (χ3n) is 0. The maximum Gasteiger partial charge on any atom is 3.00 e. The second-order valence-electron chi connectivity index (χ2n) is 0. The van der Waals surface area contributed by atoms with E-state index in [4.69, 9.17) is 0 Å². The largest absolute Gasteiger partial charge is 3.00 e. The molecule has 0 heterocycles. The summed E-state index contributed by atoms with van der Waals surface area (Å²) in [4.78, 5) is 0. The Labute approximate surface area is 17.8 Å². The summed E-state index contributed by atoms with van der Waals surface area (Å²) in [6.45, 7) is 0.